The Morgan fingerprint density at radius 2 is 1.90 bits per heavy atom. The van der Waals surface area contributed by atoms with Crippen molar-refractivity contribution < 1.29 is 19.1 Å². The smallest absolute Gasteiger partial charge is 0.353 e. The second-order valence-corrected chi connectivity index (χ2v) is 7.21. The van der Waals surface area contributed by atoms with Gasteiger partial charge < -0.3 is 9.47 Å². The molecule has 1 aromatic heterocycles. The van der Waals surface area contributed by atoms with Gasteiger partial charge in [-0.05, 0) is 66.2 Å². The average Bonchev–Trinajstić information content (AvgIpc) is 3.24. The van der Waals surface area contributed by atoms with Crippen LogP contribution in [0.4, 0.5) is 0 Å². The van der Waals surface area contributed by atoms with E-state index in [2.05, 4.69) is 10.5 Å². The van der Waals surface area contributed by atoms with Crippen molar-refractivity contribution in [2.24, 2.45) is 5.10 Å². The van der Waals surface area contributed by atoms with Crippen LogP contribution in [0.1, 0.15) is 26.4 Å². The number of nitrogens with zero attached hydrogens (tertiary/aromatic N) is 1. The summed E-state index contributed by atoms with van der Waals surface area (Å²) in [5.74, 6) is 0.245. The molecule has 6 nitrogen and oxygen atoms in total. The van der Waals surface area contributed by atoms with E-state index in [0.717, 1.165) is 11.1 Å². The summed E-state index contributed by atoms with van der Waals surface area (Å²) in [6.07, 6.45) is 1.47. The Morgan fingerprint density at radius 3 is 2.66 bits per heavy atom. The van der Waals surface area contributed by atoms with Gasteiger partial charge in [-0.2, -0.15) is 5.10 Å². The van der Waals surface area contributed by atoms with E-state index in [1.165, 1.54) is 17.6 Å². The van der Waals surface area contributed by atoms with E-state index in [9.17, 15) is 9.59 Å². The monoisotopic (exact) mass is 408 g/mol. The van der Waals surface area contributed by atoms with Crippen LogP contribution in [0.3, 0.4) is 0 Å². The van der Waals surface area contributed by atoms with Crippen LogP contribution in [0.25, 0.3) is 0 Å². The van der Waals surface area contributed by atoms with Crippen molar-refractivity contribution >= 4 is 29.4 Å². The highest BCUT2D eigenvalue weighted by molar-refractivity contribution is 7.12. The van der Waals surface area contributed by atoms with Crippen LogP contribution in [0, 0.1) is 13.8 Å². The van der Waals surface area contributed by atoms with Crippen molar-refractivity contribution in [1.82, 2.24) is 5.43 Å². The number of carbonyl (C=O) groups excluding carboxylic acids is 2. The van der Waals surface area contributed by atoms with Crippen LogP contribution in [0.2, 0.25) is 0 Å². The molecule has 2 aromatic carbocycles. The minimum atomic E-state index is -0.411. The average molecular weight is 408 g/mol. The van der Waals surface area contributed by atoms with Crippen LogP contribution < -0.4 is 14.9 Å². The summed E-state index contributed by atoms with van der Waals surface area (Å²) < 4.78 is 10.8. The van der Waals surface area contributed by atoms with Crippen LogP contribution in [0.5, 0.6) is 11.5 Å². The van der Waals surface area contributed by atoms with Gasteiger partial charge in [-0.3, -0.25) is 4.79 Å². The SMILES string of the molecule is Cc1ccc(OCC(=O)N/N=C\c2cccc(OC(=O)c3cccs3)c2)cc1C. The van der Waals surface area contributed by atoms with Crippen LogP contribution >= 0.6 is 11.3 Å². The molecule has 148 valence electrons. The maximum Gasteiger partial charge on any atom is 0.353 e. The standard InChI is InChI=1S/C22H20N2O4S/c1-15-8-9-18(11-16(15)2)27-14-21(25)24-23-13-17-5-3-6-19(12-17)28-22(26)20-7-4-10-29-20/h3-13H,14H2,1-2H3,(H,24,25)/b23-13-. The lowest BCUT2D eigenvalue weighted by molar-refractivity contribution is -0.123. The molecule has 1 N–H and O–H groups in total. The maximum absolute atomic E-state index is 12.0. The number of hydrazone groups is 1. The number of aryl methyl sites for hydroxylation is 2. The first kappa shape index (κ1) is 20.3. The van der Waals surface area contributed by atoms with Crippen molar-refractivity contribution in [2.45, 2.75) is 13.8 Å². The molecule has 1 heterocycles. The molecule has 0 radical (unpaired) electrons. The summed E-state index contributed by atoms with van der Waals surface area (Å²) in [6.45, 7) is 3.86. The van der Waals surface area contributed by atoms with E-state index in [1.54, 1.807) is 36.4 Å². The molecule has 0 spiro atoms. The molecule has 0 unspecified atom stereocenters. The molecule has 0 aliphatic heterocycles. The Morgan fingerprint density at radius 1 is 1.03 bits per heavy atom. The van der Waals surface area contributed by atoms with Gasteiger partial charge in [0, 0.05) is 0 Å². The topological polar surface area (TPSA) is 77.0 Å². The number of amides is 1. The normalized spacial score (nSPS) is 10.7. The van der Waals surface area contributed by atoms with Gasteiger partial charge in [0.15, 0.2) is 6.61 Å². The second kappa shape index (κ2) is 9.66. The Labute approximate surface area is 172 Å². The zero-order valence-corrected chi connectivity index (χ0v) is 16.9. The van der Waals surface area contributed by atoms with Gasteiger partial charge in [0.2, 0.25) is 0 Å². The fourth-order valence-corrected chi connectivity index (χ4v) is 2.97. The van der Waals surface area contributed by atoms with Crippen molar-refractivity contribution in [3.8, 4) is 11.5 Å². The summed E-state index contributed by atoms with van der Waals surface area (Å²) in [6, 6.07) is 16.0. The first-order chi connectivity index (χ1) is 14.0. The molecule has 0 aliphatic carbocycles. The summed E-state index contributed by atoms with van der Waals surface area (Å²) in [4.78, 5) is 24.4. The number of ether oxygens (including phenoxy) is 2. The van der Waals surface area contributed by atoms with Crippen molar-refractivity contribution in [1.29, 1.82) is 0 Å². The minimum absolute atomic E-state index is 0.141. The Hall–Kier alpha value is -3.45. The van der Waals surface area contributed by atoms with E-state index < -0.39 is 5.97 Å². The molecule has 29 heavy (non-hydrogen) atoms. The first-order valence-corrected chi connectivity index (χ1v) is 9.77. The van der Waals surface area contributed by atoms with Gasteiger partial charge in [-0.25, -0.2) is 10.2 Å². The molecular weight excluding hydrogens is 388 g/mol. The number of carbonyl (C=O) groups is 2. The molecule has 0 fully saturated rings. The zero-order valence-electron chi connectivity index (χ0n) is 16.0. The molecule has 1 amide bonds. The predicted octanol–water partition coefficient (Wildman–Crippen LogP) is 4.11. The lowest BCUT2D eigenvalue weighted by Crippen LogP contribution is -2.24. The van der Waals surface area contributed by atoms with Crippen molar-refractivity contribution in [2.75, 3.05) is 6.61 Å². The molecule has 3 rings (SSSR count). The molecule has 0 saturated carbocycles. The number of hydrogen-bond donors (Lipinski definition) is 1. The zero-order chi connectivity index (χ0) is 20.6. The van der Waals surface area contributed by atoms with E-state index in [1.807, 2.05) is 37.4 Å². The largest absolute Gasteiger partial charge is 0.484 e. The fraction of sp³-hybridized carbons (Fsp3) is 0.136. The Kier molecular flexibility index (Phi) is 6.76. The first-order valence-electron chi connectivity index (χ1n) is 8.89. The molecule has 0 aliphatic rings. The van der Waals surface area contributed by atoms with Gasteiger partial charge in [0.05, 0.1) is 6.21 Å². The van der Waals surface area contributed by atoms with Crippen LogP contribution in [-0.4, -0.2) is 24.7 Å². The lowest BCUT2D eigenvalue weighted by Gasteiger charge is -2.07. The van der Waals surface area contributed by atoms with Crippen molar-refractivity contribution in [3.05, 3.63) is 81.5 Å². The highest BCUT2D eigenvalue weighted by Gasteiger charge is 2.09. The molecule has 0 saturated heterocycles. The lowest BCUT2D eigenvalue weighted by atomic mass is 10.1. The number of thiophene rings is 1. The van der Waals surface area contributed by atoms with Gasteiger partial charge in [0.25, 0.3) is 5.91 Å². The van der Waals surface area contributed by atoms with Gasteiger partial charge >= 0.3 is 5.97 Å². The number of hydrogen-bond acceptors (Lipinski definition) is 6. The summed E-state index contributed by atoms with van der Waals surface area (Å²) in [5.41, 5.74) is 5.35. The highest BCUT2D eigenvalue weighted by Crippen LogP contribution is 2.17. The maximum atomic E-state index is 12.0. The Balaban J connectivity index is 1.50. The second-order valence-electron chi connectivity index (χ2n) is 6.27. The minimum Gasteiger partial charge on any atom is -0.484 e. The summed E-state index contributed by atoms with van der Waals surface area (Å²) >= 11 is 1.32. The summed E-state index contributed by atoms with van der Waals surface area (Å²) in [7, 11) is 0. The number of esters is 1. The molecule has 0 atom stereocenters. The molecular formula is C22H20N2O4S. The third-order valence-corrected chi connectivity index (χ3v) is 4.89. The van der Waals surface area contributed by atoms with Crippen LogP contribution in [-0.2, 0) is 4.79 Å². The number of rotatable bonds is 7. The van der Waals surface area contributed by atoms with Crippen molar-refractivity contribution in [3.63, 3.8) is 0 Å². The van der Waals surface area contributed by atoms with E-state index >= 15 is 0 Å². The molecule has 0 bridgehead atoms. The van der Waals surface area contributed by atoms with Gasteiger partial charge in [-0.15, -0.1) is 11.3 Å². The molecule has 7 heteroatoms. The quantitative estimate of drug-likeness (QED) is 0.276. The highest BCUT2D eigenvalue weighted by atomic mass is 32.1. The third-order valence-electron chi connectivity index (χ3n) is 4.04. The van der Waals surface area contributed by atoms with Crippen LogP contribution in [0.15, 0.2) is 65.1 Å². The third kappa shape index (κ3) is 6.02. The van der Waals surface area contributed by atoms with Gasteiger partial charge in [-0.1, -0.05) is 24.3 Å². The fourth-order valence-electron chi connectivity index (χ4n) is 2.37. The van der Waals surface area contributed by atoms with E-state index in [4.69, 9.17) is 9.47 Å². The number of nitrogens with one attached hydrogen (secondary N) is 1. The summed E-state index contributed by atoms with van der Waals surface area (Å²) in [5, 5.41) is 5.72. The van der Waals surface area contributed by atoms with E-state index in [0.29, 0.717) is 21.9 Å². The Bertz CT molecular complexity index is 1030. The van der Waals surface area contributed by atoms with E-state index in [-0.39, 0.29) is 12.5 Å². The predicted molar refractivity (Wildman–Crippen MR) is 113 cm³/mol. The van der Waals surface area contributed by atoms with Gasteiger partial charge in [0.1, 0.15) is 16.4 Å². The molecule has 3 aromatic rings. The number of benzene rings is 2.